The van der Waals surface area contributed by atoms with Crippen molar-refractivity contribution >= 4 is 0 Å². The lowest BCUT2D eigenvalue weighted by atomic mass is 10.0. The van der Waals surface area contributed by atoms with Gasteiger partial charge in [-0.25, -0.2) is 0 Å². The van der Waals surface area contributed by atoms with E-state index in [4.69, 9.17) is 9.47 Å². The Morgan fingerprint density at radius 2 is 1.76 bits per heavy atom. The van der Waals surface area contributed by atoms with E-state index < -0.39 is 0 Å². The van der Waals surface area contributed by atoms with Crippen LogP contribution in [0.3, 0.4) is 0 Å². The highest BCUT2D eigenvalue weighted by molar-refractivity contribution is 5.33. The van der Waals surface area contributed by atoms with Crippen molar-refractivity contribution in [3.05, 3.63) is 24.3 Å². The zero-order chi connectivity index (χ0) is 14.5. The summed E-state index contributed by atoms with van der Waals surface area (Å²) in [6.45, 7) is 4.42. The fraction of sp³-hybridized carbons (Fsp3) is 0.667. The number of hydrogen-bond acceptors (Lipinski definition) is 3. The van der Waals surface area contributed by atoms with Gasteiger partial charge in [0.2, 0.25) is 0 Å². The van der Waals surface area contributed by atoms with E-state index in [-0.39, 0.29) is 0 Å². The molecule has 1 saturated carbocycles. The van der Waals surface area contributed by atoms with Crippen molar-refractivity contribution in [1.82, 2.24) is 5.32 Å². The molecule has 1 aliphatic carbocycles. The van der Waals surface area contributed by atoms with E-state index in [1.807, 2.05) is 18.2 Å². The summed E-state index contributed by atoms with van der Waals surface area (Å²) >= 11 is 0. The van der Waals surface area contributed by atoms with E-state index in [2.05, 4.69) is 18.3 Å². The van der Waals surface area contributed by atoms with Crippen molar-refractivity contribution in [2.75, 3.05) is 13.1 Å². The lowest BCUT2D eigenvalue weighted by Crippen LogP contribution is -2.29. The summed E-state index contributed by atoms with van der Waals surface area (Å²) in [5.74, 6) is 2.45. The number of hydrogen-bond donors (Lipinski definition) is 1. The second-order valence-electron chi connectivity index (χ2n) is 6.48. The minimum absolute atomic E-state index is 0.307. The van der Waals surface area contributed by atoms with Crippen molar-refractivity contribution in [2.24, 2.45) is 5.92 Å². The van der Waals surface area contributed by atoms with Crippen molar-refractivity contribution in [3.8, 4) is 11.5 Å². The van der Waals surface area contributed by atoms with Crippen LogP contribution in [0.1, 0.15) is 45.4 Å². The number of benzene rings is 1. The molecule has 1 aromatic carbocycles. The van der Waals surface area contributed by atoms with Gasteiger partial charge in [0.15, 0.2) is 0 Å². The minimum atomic E-state index is 0.307. The first-order valence-corrected chi connectivity index (χ1v) is 8.45. The maximum atomic E-state index is 6.23. The van der Waals surface area contributed by atoms with Crippen LogP contribution in [0.5, 0.6) is 11.5 Å². The third-order valence-corrected chi connectivity index (χ3v) is 4.64. The molecular weight excluding hydrogens is 262 g/mol. The third-order valence-electron chi connectivity index (χ3n) is 4.64. The van der Waals surface area contributed by atoms with Gasteiger partial charge in [0.1, 0.15) is 17.6 Å². The Labute approximate surface area is 128 Å². The molecule has 0 aromatic heterocycles. The molecule has 2 fully saturated rings. The van der Waals surface area contributed by atoms with Gasteiger partial charge in [0.25, 0.3) is 0 Å². The average molecular weight is 289 g/mol. The van der Waals surface area contributed by atoms with Crippen molar-refractivity contribution < 1.29 is 9.47 Å². The molecule has 3 nitrogen and oxygen atoms in total. The Kier molecular flexibility index (Phi) is 5.02. The van der Waals surface area contributed by atoms with E-state index in [1.54, 1.807) is 0 Å². The SMILES string of the molecule is CC1CNCCCC1Oc1cccc(OC2CCCC2)c1. The molecule has 21 heavy (non-hydrogen) atoms. The first-order valence-electron chi connectivity index (χ1n) is 8.45. The molecule has 3 heteroatoms. The molecule has 0 radical (unpaired) electrons. The molecule has 0 amide bonds. The quantitative estimate of drug-likeness (QED) is 0.915. The van der Waals surface area contributed by atoms with Crippen molar-refractivity contribution in [1.29, 1.82) is 0 Å². The summed E-state index contributed by atoms with van der Waals surface area (Å²) in [7, 11) is 0. The van der Waals surface area contributed by atoms with Crippen LogP contribution in [0.25, 0.3) is 0 Å². The monoisotopic (exact) mass is 289 g/mol. The van der Waals surface area contributed by atoms with Crippen LogP contribution >= 0.6 is 0 Å². The maximum Gasteiger partial charge on any atom is 0.123 e. The zero-order valence-electron chi connectivity index (χ0n) is 13.0. The van der Waals surface area contributed by atoms with E-state index >= 15 is 0 Å². The van der Waals surface area contributed by atoms with Gasteiger partial charge < -0.3 is 14.8 Å². The molecule has 1 N–H and O–H groups in total. The molecular formula is C18H27NO2. The van der Waals surface area contributed by atoms with Gasteiger partial charge in [-0.05, 0) is 57.2 Å². The van der Waals surface area contributed by atoms with Crippen LogP contribution < -0.4 is 14.8 Å². The zero-order valence-corrected chi connectivity index (χ0v) is 13.0. The van der Waals surface area contributed by atoms with Crippen LogP contribution in [-0.2, 0) is 0 Å². The summed E-state index contributed by atoms with van der Waals surface area (Å²) in [6, 6.07) is 8.19. The summed E-state index contributed by atoms with van der Waals surface area (Å²) in [4.78, 5) is 0. The van der Waals surface area contributed by atoms with Crippen LogP contribution in [0.15, 0.2) is 24.3 Å². The normalized spacial score (nSPS) is 27.3. The Morgan fingerprint density at radius 3 is 2.57 bits per heavy atom. The van der Waals surface area contributed by atoms with E-state index in [0.717, 1.165) is 31.0 Å². The van der Waals surface area contributed by atoms with Gasteiger partial charge in [-0.1, -0.05) is 13.0 Å². The van der Waals surface area contributed by atoms with Crippen LogP contribution in [-0.4, -0.2) is 25.3 Å². The maximum absolute atomic E-state index is 6.23. The van der Waals surface area contributed by atoms with Crippen LogP contribution in [0, 0.1) is 5.92 Å². The van der Waals surface area contributed by atoms with Crippen LogP contribution in [0.2, 0.25) is 0 Å². The summed E-state index contributed by atoms with van der Waals surface area (Å²) in [5.41, 5.74) is 0. The Bertz CT molecular complexity index is 443. The summed E-state index contributed by atoms with van der Waals surface area (Å²) < 4.78 is 12.3. The lowest BCUT2D eigenvalue weighted by molar-refractivity contribution is 0.139. The lowest BCUT2D eigenvalue weighted by Gasteiger charge is -2.23. The first kappa shape index (κ1) is 14.7. The molecule has 2 unspecified atom stereocenters. The molecule has 2 atom stereocenters. The van der Waals surface area contributed by atoms with E-state index in [0.29, 0.717) is 18.1 Å². The highest BCUT2D eigenvalue weighted by Gasteiger charge is 2.22. The molecule has 0 spiro atoms. The van der Waals surface area contributed by atoms with Crippen LogP contribution in [0.4, 0.5) is 0 Å². The highest BCUT2D eigenvalue weighted by atomic mass is 16.5. The molecule has 2 aliphatic rings. The minimum Gasteiger partial charge on any atom is -0.490 e. The molecule has 1 aliphatic heterocycles. The van der Waals surface area contributed by atoms with Gasteiger partial charge in [-0.2, -0.15) is 0 Å². The predicted octanol–water partition coefficient (Wildman–Crippen LogP) is 3.77. The summed E-state index contributed by atoms with van der Waals surface area (Å²) in [5, 5.41) is 3.47. The topological polar surface area (TPSA) is 30.5 Å². The molecule has 1 heterocycles. The number of ether oxygens (including phenoxy) is 2. The van der Waals surface area contributed by atoms with Gasteiger partial charge in [-0.3, -0.25) is 0 Å². The standard InChI is InChI=1S/C18H27NO2/c1-14-13-19-11-5-10-18(14)21-17-9-4-8-16(12-17)20-15-6-2-3-7-15/h4,8-9,12,14-15,18-19H,2-3,5-7,10-11,13H2,1H3. The average Bonchev–Trinajstić information content (AvgIpc) is 2.91. The van der Waals surface area contributed by atoms with Gasteiger partial charge in [0.05, 0.1) is 6.10 Å². The van der Waals surface area contributed by atoms with Gasteiger partial charge in [-0.15, -0.1) is 0 Å². The summed E-state index contributed by atoms with van der Waals surface area (Å²) in [6.07, 6.45) is 8.01. The Balaban J connectivity index is 1.61. The van der Waals surface area contributed by atoms with E-state index in [9.17, 15) is 0 Å². The second-order valence-corrected chi connectivity index (χ2v) is 6.48. The number of rotatable bonds is 4. The molecule has 1 saturated heterocycles. The number of nitrogens with one attached hydrogen (secondary N) is 1. The Morgan fingerprint density at radius 1 is 1.00 bits per heavy atom. The smallest absolute Gasteiger partial charge is 0.123 e. The van der Waals surface area contributed by atoms with Crippen molar-refractivity contribution in [2.45, 2.75) is 57.7 Å². The third kappa shape index (κ3) is 4.13. The first-order chi connectivity index (χ1) is 10.3. The highest BCUT2D eigenvalue weighted by Crippen LogP contribution is 2.28. The van der Waals surface area contributed by atoms with Crippen molar-refractivity contribution in [3.63, 3.8) is 0 Å². The largest absolute Gasteiger partial charge is 0.490 e. The Hall–Kier alpha value is -1.22. The molecule has 3 rings (SSSR count). The van der Waals surface area contributed by atoms with Gasteiger partial charge in [0, 0.05) is 18.5 Å². The van der Waals surface area contributed by atoms with Gasteiger partial charge >= 0.3 is 0 Å². The fourth-order valence-electron chi connectivity index (χ4n) is 3.34. The molecule has 0 bridgehead atoms. The predicted molar refractivity (Wildman–Crippen MR) is 85.0 cm³/mol. The molecule has 1 aromatic rings. The van der Waals surface area contributed by atoms with E-state index in [1.165, 1.54) is 32.1 Å². The fourth-order valence-corrected chi connectivity index (χ4v) is 3.34. The second kappa shape index (κ2) is 7.17. The molecule has 116 valence electrons.